The van der Waals surface area contributed by atoms with Crippen LogP contribution in [0.25, 0.3) is 0 Å². The fourth-order valence-corrected chi connectivity index (χ4v) is 4.30. The van der Waals surface area contributed by atoms with Crippen molar-refractivity contribution < 1.29 is 23.1 Å². The van der Waals surface area contributed by atoms with E-state index in [1.54, 1.807) is 0 Å². The van der Waals surface area contributed by atoms with E-state index in [0.717, 1.165) is 25.7 Å². The molecular weight excluding hydrogens is 344 g/mol. The van der Waals surface area contributed by atoms with Crippen molar-refractivity contribution in [1.29, 1.82) is 0 Å². The van der Waals surface area contributed by atoms with Gasteiger partial charge in [0.25, 0.3) is 5.91 Å². The third-order valence-corrected chi connectivity index (χ3v) is 6.22. The summed E-state index contributed by atoms with van der Waals surface area (Å²) in [5.41, 5.74) is 0.336. The van der Waals surface area contributed by atoms with Crippen molar-refractivity contribution >= 4 is 21.9 Å². The molecule has 1 saturated heterocycles. The molecule has 0 radical (unpaired) electrons. The molecule has 1 heterocycles. The molecule has 1 aromatic rings. The zero-order valence-corrected chi connectivity index (χ0v) is 15.2. The standard InChI is InChI=1S/C17H24N2O5S/c1-18(13-10-16(20)21)17(22)14-6-8-15(9-7-14)25(23,24)19-11-4-2-3-5-12-19/h6-9H,2-5,10-13H2,1H3,(H,20,21). The summed E-state index contributed by atoms with van der Waals surface area (Å²) in [6.45, 7) is 1.16. The number of nitrogens with zero attached hydrogens (tertiary/aromatic N) is 2. The van der Waals surface area contributed by atoms with Crippen LogP contribution in [-0.2, 0) is 14.8 Å². The molecule has 0 unspecified atom stereocenters. The van der Waals surface area contributed by atoms with Crippen LogP contribution in [0.3, 0.4) is 0 Å². The molecule has 0 saturated carbocycles. The van der Waals surface area contributed by atoms with Gasteiger partial charge in [0.2, 0.25) is 10.0 Å². The fraction of sp³-hybridized carbons (Fsp3) is 0.529. The van der Waals surface area contributed by atoms with Crippen molar-refractivity contribution in [3.05, 3.63) is 29.8 Å². The predicted octanol–water partition coefficient (Wildman–Crippen LogP) is 1.80. The van der Waals surface area contributed by atoms with Gasteiger partial charge < -0.3 is 10.0 Å². The third-order valence-electron chi connectivity index (χ3n) is 4.31. The molecule has 0 aromatic heterocycles. The van der Waals surface area contributed by atoms with E-state index >= 15 is 0 Å². The number of amides is 1. The van der Waals surface area contributed by atoms with E-state index in [4.69, 9.17) is 5.11 Å². The fourth-order valence-electron chi connectivity index (χ4n) is 2.79. The van der Waals surface area contributed by atoms with Gasteiger partial charge >= 0.3 is 5.97 Å². The lowest BCUT2D eigenvalue weighted by Gasteiger charge is -2.20. The summed E-state index contributed by atoms with van der Waals surface area (Å²) in [5.74, 6) is -1.31. The highest BCUT2D eigenvalue weighted by atomic mass is 32.2. The van der Waals surface area contributed by atoms with Gasteiger partial charge in [-0.05, 0) is 37.1 Å². The van der Waals surface area contributed by atoms with E-state index in [9.17, 15) is 18.0 Å². The molecule has 0 bridgehead atoms. The predicted molar refractivity (Wildman–Crippen MR) is 92.9 cm³/mol. The molecule has 2 rings (SSSR count). The Morgan fingerprint density at radius 2 is 1.64 bits per heavy atom. The first kappa shape index (κ1) is 19.4. The average molecular weight is 368 g/mol. The highest BCUT2D eigenvalue weighted by Crippen LogP contribution is 2.21. The molecule has 1 amide bonds. The summed E-state index contributed by atoms with van der Waals surface area (Å²) >= 11 is 0. The van der Waals surface area contributed by atoms with Crippen molar-refractivity contribution in [2.45, 2.75) is 37.0 Å². The van der Waals surface area contributed by atoms with Crippen LogP contribution in [0.4, 0.5) is 0 Å². The lowest BCUT2D eigenvalue weighted by Crippen LogP contribution is -2.32. The molecule has 7 nitrogen and oxygen atoms in total. The maximum atomic E-state index is 12.7. The van der Waals surface area contributed by atoms with Gasteiger partial charge in [-0.15, -0.1) is 0 Å². The van der Waals surface area contributed by atoms with E-state index in [0.29, 0.717) is 18.7 Å². The van der Waals surface area contributed by atoms with Gasteiger partial charge in [0.05, 0.1) is 11.3 Å². The molecular formula is C17H24N2O5S. The Balaban J connectivity index is 2.10. The lowest BCUT2D eigenvalue weighted by atomic mass is 10.2. The summed E-state index contributed by atoms with van der Waals surface area (Å²) in [7, 11) is -2.02. The molecule has 0 aliphatic carbocycles. The van der Waals surface area contributed by atoms with Crippen LogP contribution < -0.4 is 0 Å². The maximum Gasteiger partial charge on any atom is 0.305 e. The minimum absolute atomic E-state index is 0.0992. The van der Waals surface area contributed by atoms with Crippen molar-refractivity contribution in [3.8, 4) is 0 Å². The van der Waals surface area contributed by atoms with Gasteiger partial charge in [-0.3, -0.25) is 9.59 Å². The van der Waals surface area contributed by atoms with E-state index in [1.165, 1.54) is 40.5 Å². The first-order valence-electron chi connectivity index (χ1n) is 8.40. The van der Waals surface area contributed by atoms with Crippen LogP contribution in [0.2, 0.25) is 0 Å². The Hall–Kier alpha value is -1.93. The van der Waals surface area contributed by atoms with E-state index in [-0.39, 0.29) is 23.8 Å². The second-order valence-corrected chi connectivity index (χ2v) is 8.15. The summed E-state index contributed by atoms with van der Waals surface area (Å²) in [6, 6.07) is 5.84. The molecule has 1 aliphatic rings. The number of hydrogen-bond acceptors (Lipinski definition) is 4. The second-order valence-electron chi connectivity index (χ2n) is 6.21. The second kappa shape index (κ2) is 8.44. The SMILES string of the molecule is CN(CCC(=O)O)C(=O)c1ccc(S(=O)(=O)N2CCCCCC2)cc1. The summed E-state index contributed by atoms with van der Waals surface area (Å²) in [4.78, 5) is 24.3. The molecule has 25 heavy (non-hydrogen) atoms. The highest BCUT2D eigenvalue weighted by Gasteiger charge is 2.25. The van der Waals surface area contributed by atoms with Crippen LogP contribution in [0.5, 0.6) is 0 Å². The maximum absolute atomic E-state index is 12.7. The van der Waals surface area contributed by atoms with E-state index < -0.39 is 16.0 Å². The molecule has 8 heteroatoms. The first-order chi connectivity index (χ1) is 11.8. The number of aliphatic carboxylic acids is 1. The number of carbonyl (C=O) groups is 2. The third kappa shape index (κ3) is 5.02. The Morgan fingerprint density at radius 1 is 1.08 bits per heavy atom. The molecule has 1 aliphatic heterocycles. The summed E-state index contributed by atoms with van der Waals surface area (Å²) < 4.78 is 26.9. The van der Waals surface area contributed by atoms with E-state index in [2.05, 4.69) is 0 Å². The normalized spacial score (nSPS) is 16.2. The Bertz CT molecular complexity index is 707. The Kier molecular flexibility index (Phi) is 6.55. The summed E-state index contributed by atoms with van der Waals surface area (Å²) in [6.07, 6.45) is 3.68. The number of carbonyl (C=O) groups excluding carboxylic acids is 1. The number of carboxylic acids is 1. The number of benzene rings is 1. The highest BCUT2D eigenvalue weighted by molar-refractivity contribution is 7.89. The van der Waals surface area contributed by atoms with Crippen LogP contribution in [0.1, 0.15) is 42.5 Å². The van der Waals surface area contributed by atoms with Crippen molar-refractivity contribution in [2.24, 2.45) is 0 Å². The van der Waals surface area contributed by atoms with Crippen molar-refractivity contribution in [2.75, 3.05) is 26.7 Å². The minimum Gasteiger partial charge on any atom is -0.481 e. The topological polar surface area (TPSA) is 95.0 Å². The number of rotatable bonds is 6. The molecule has 1 N–H and O–H groups in total. The number of carboxylic acid groups (broad SMARTS) is 1. The monoisotopic (exact) mass is 368 g/mol. The zero-order valence-electron chi connectivity index (χ0n) is 14.3. The van der Waals surface area contributed by atoms with Gasteiger partial charge in [0.1, 0.15) is 0 Å². The van der Waals surface area contributed by atoms with Crippen molar-refractivity contribution in [1.82, 2.24) is 9.21 Å². The van der Waals surface area contributed by atoms with Crippen LogP contribution in [-0.4, -0.2) is 61.3 Å². The van der Waals surface area contributed by atoms with Gasteiger partial charge in [-0.25, -0.2) is 8.42 Å². The largest absolute Gasteiger partial charge is 0.481 e. The van der Waals surface area contributed by atoms with Crippen molar-refractivity contribution in [3.63, 3.8) is 0 Å². The first-order valence-corrected chi connectivity index (χ1v) is 9.84. The van der Waals surface area contributed by atoms with Gasteiger partial charge in [0, 0.05) is 32.2 Å². The van der Waals surface area contributed by atoms with Gasteiger partial charge in [0.15, 0.2) is 0 Å². The quantitative estimate of drug-likeness (QED) is 0.826. The zero-order chi connectivity index (χ0) is 18.4. The number of sulfonamides is 1. The van der Waals surface area contributed by atoms with Gasteiger partial charge in [-0.1, -0.05) is 12.8 Å². The number of hydrogen-bond donors (Lipinski definition) is 1. The van der Waals surface area contributed by atoms with Crippen LogP contribution in [0.15, 0.2) is 29.2 Å². The lowest BCUT2D eigenvalue weighted by molar-refractivity contribution is -0.137. The minimum atomic E-state index is -3.54. The molecule has 1 fully saturated rings. The summed E-state index contributed by atoms with van der Waals surface area (Å²) in [5, 5.41) is 8.68. The molecule has 138 valence electrons. The molecule has 0 spiro atoms. The Labute approximate surface area is 148 Å². The van der Waals surface area contributed by atoms with Crippen LogP contribution in [0, 0.1) is 0 Å². The Morgan fingerprint density at radius 3 is 2.16 bits per heavy atom. The molecule has 0 atom stereocenters. The average Bonchev–Trinajstić information content (AvgIpc) is 2.89. The van der Waals surface area contributed by atoms with Gasteiger partial charge in [-0.2, -0.15) is 4.31 Å². The van der Waals surface area contributed by atoms with E-state index in [1.807, 2.05) is 0 Å². The molecule has 1 aromatic carbocycles. The smallest absolute Gasteiger partial charge is 0.305 e. The van der Waals surface area contributed by atoms with Crippen LogP contribution >= 0.6 is 0 Å².